The Hall–Kier alpha value is -0.0900. The van der Waals surface area contributed by atoms with Crippen LogP contribution in [0.2, 0.25) is 0 Å². The van der Waals surface area contributed by atoms with Gasteiger partial charge in [-0.2, -0.15) is 0 Å². The Morgan fingerprint density at radius 2 is 1.94 bits per heavy atom. The molecule has 1 fully saturated rings. The van der Waals surface area contributed by atoms with Gasteiger partial charge in [-0.3, -0.25) is 0 Å². The lowest BCUT2D eigenvalue weighted by Crippen LogP contribution is -2.39. The lowest BCUT2D eigenvalue weighted by molar-refractivity contribution is 0.266. The Morgan fingerprint density at radius 1 is 1.29 bits per heavy atom. The zero-order chi connectivity index (χ0) is 12.5. The number of hydrogen-bond donors (Lipinski definition) is 1. The minimum atomic E-state index is 0.453. The van der Waals surface area contributed by atoms with Crippen LogP contribution in [-0.2, 0) is 0 Å². The lowest BCUT2D eigenvalue weighted by atomic mass is 9.86. The topological polar surface area (TPSA) is 12.0 Å². The fourth-order valence-electron chi connectivity index (χ4n) is 2.79. The van der Waals surface area contributed by atoms with Crippen molar-refractivity contribution in [3.05, 3.63) is 33.4 Å². The number of nitrogens with one attached hydrogen (secondary N) is 1. The summed E-state index contributed by atoms with van der Waals surface area (Å²) in [6.07, 6.45) is 4.04. The molecule has 0 spiro atoms. The third-order valence-electron chi connectivity index (χ3n) is 4.08. The Morgan fingerprint density at radius 3 is 2.47 bits per heavy atom. The van der Waals surface area contributed by atoms with Crippen LogP contribution in [0, 0.1) is 8.99 Å². The van der Waals surface area contributed by atoms with E-state index in [1.165, 1.54) is 28.4 Å². The van der Waals surface area contributed by atoms with Gasteiger partial charge in [-0.05, 0) is 65.5 Å². The normalized spacial score (nSPS) is 24.8. The van der Waals surface area contributed by atoms with Gasteiger partial charge in [0, 0.05) is 15.7 Å². The van der Waals surface area contributed by atoms with Crippen LogP contribution in [0.1, 0.15) is 51.6 Å². The molecule has 2 heteroatoms. The number of hydrogen-bond acceptors (Lipinski definition) is 1. The molecule has 1 aliphatic carbocycles. The molecular formula is C15H22IN. The van der Waals surface area contributed by atoms with Crippen LogP contribution >= 0.6 is 22.6 Å². The largest absolute Gasteiger partial charge is 0.307 e. The molecule has 0 aromatic heterocycles. The van der Waals surface area contributed by atoms with Crippen molar-refractivity contribution in [3.8, 4) is 0 Å². The van der Waals surface area contributed by atoms with E-state index in [9.17, 15) is 0 Å². The van der Waals surface area contributed by atoms with Gasteiger partial charge in [-0.15, -0.1) is 0 Å². The number of halogens is 1. The molecular weight excluding hydrogens is 321 g/mol. The van der Waals surface area contributed by atoms with Crippen molar-refractivity contribution in [1.29, 1.82) is 0 Å². The third-order valence-corrected chi connectivity index (χ3v) is 4.80. The van der Waals surface area contributed by atoms with E-state index in [-0.39, 0.29) is 0 Å². The Bertz CT molecular complexity index is 369. The summed E-state index contributed by atoms with van der Waals surface area (Å²) in [5, 5.41) is 3.80. The predicted octanol–water partition coefficient (Wildman–Crippen LogP) is 4.52. The van der Waals surface area contributed by atoms with Crippen LogP contribution in [0.25, 0.3) is 0 Å². The molecule has 0 aliphatic heterocycles. The van der Waals surface area contributed by atoms with E-state index in [4.69, 9.17) is 0 Å². The van der Waals surface area contributed by atoms with Crippen molar-refractivity contribution in [3.63, 3.8) is 0 Å². The lowest BCUT2D eigenvalue weighted by Gasteiger charge is -2.31. The molecule has 0 bridgehead atoms. The van der Waals surface area contributed by atoms with Gasteiger partial charge in [0.15, 0.2) is 0 Å². The van der Waals surface area contributed by atoms with Crippen molar-refractivity contribution in [2.24, 2.45) is 5.41 Å². The summed E-state index contributed by atoms with van der Waals surface area (Å²) in [6, 6.07) is 9.97. The molecule has 0 saturated heterocycles. The second-order valence-corrected chi connectivity index (χ2v) is 7.12. The van der Waals surface area contributed by atoms with Gasteiger partial charge in [-0.25, -0.2) is 0 Å². The van der Waals surface area contributed by atoms with E-state index < -0.39 is 0 Å². The fourth-order valence-corrected chi connectivity index (χ4v) is 3.14. The van der Waals surface area contributed by atoms with E-state index in [1.54, 1.807) is 0 Å². The second kappa shape index (κ2) is 5.27. The monoisotopic (exact) mass is 343 g/mol. The fraction of sp³-hybridized carbons (Fsp3) is 0.600. The minimum Gasteiger partial charge on any atom is -0.307 e. The molecule has 1 nitrogen and oxygen atoms in total. The molecule has 1 aliphatic rings. The zero-order valence-electron chi connectivity index (χ0n) is 11.0. The van der Waals surface area contributed by atoms with Gasteiger partial charge in [-0.1, -0.05) is 32.4 Å². The van der Waals surface area contributed by atoms with Crippen LogP contribution in [0.3, 0.4) is 0 Å². The first kappa shape index (κ1) is 13.3. The molecule has 1 aromatic rings. The molecule has 2 unspecified atom stereocenters. The Labute approximate surface area is 119 Å². The average molecular weight is 343 g/mol. The van der Waals surface area contributed by atoms with Gasteiger partial charge in [0.2, 0.25) is 0 Å². The Kier molecular flexibility index (Phi) is 4.14. The Balaban J connectivity index is 2.01. The number of benzene rings is 1. The zero-order valence-corrected chi connectivity index (χ0v) is 13.1. The maximum absolute atomic E-state index is 3.80. The highest BCUT2D eigenvalue weighted by atomic mass is 127. The predicted molar refractivity (Wildman–Crippen MR) is 82.1 cm³/mol. The van der Waals surface area contributed by atoms with Crippen LogP contribution in [0.5, 0.6) is 0 Å². The van der Waals surface area contributed by atoms with Crippen molar-refractivity contribution in [2.45, 2.75) is 52.1 Å². The molecule has 2 atom stereocenters. The van der Waals surface area contributed by atoms with Crippen molar-refractivity contribution in [1.82, 2.24) is 5.32 Å². The van der Waals surface area contributed by atoms with Gasteiger partial charge in [0.25, 0.3) is 0 Å². The SMILES string of the molecule is CC(NC1CCCC1(C)C)c1ccc(I)cc1. The summed E-state index contributed by atoms with van der Waals surface area (Å²) in [6.45, 7) is 7.05. The van der Waals surface area contributed by atoms with Crippen LogP contribution in [0.15, 0.2) is 24.3 Å². The molecule has 1 aromatic carbocycles. The first-order valence-corrected chi connectivity index (χ1v) is 7.58. The summed E-state index contributed by atoms with van der Waals surface area (Å²) in [5.74, 6) is 0. The molecule has 17 heavy (non-hydrogen) atoms. The molecule has 0 radical (unpaired) electrons. The van der Waals surface area contributed by atoms with Gasteiger partial charge >= 0.3 is 0 Å². The third kappa shape index (κ3) is 3.22. The smallest absolute Gasteiger partial charge is 0.0294 e. The van der Waals surface area contributed by atoms with E-state index >= 15 is 0 Å². The summed E-state index contributed by atoms with van der Waals surface area (Å²) in [4.78, 5) is 0. The van der Waals surface area contributed by atoms with E-state index in [0.29, 0.717) is 17.5 Å². The van der Waals surface area contributed by atoms with Crippen LogP contribution in [0.4, 0.5) is 0 Å². The first-order valence-electron chi connectivity index (χ1n) is 6.50. The summed E-state index contributed by atoms with van der Waals surface area (Å²) < 4.78 is 1.31. The van der Waals surface area contributed by atoms with Crippen LogP contribution < -0.4 is 5.32 Å². The first-order chi connectivity index (χ1) is 7.99. The molecule has 0 amide bonds. The van der Waals surface area contributed by atoms with Gasteiger partial charge in [0.05, 0.1) is 0 Å². The van der Waals surface area contributed by atoms with Crippen molar-refractivity contribution >= 4 is 22.6 Å². The summed E-state index contributed by atoms with van der Waals surface area (Å²) >= 11 is 2.36. The highest BCUT2D eigenvalue weighted by Gasteiger charge is 2.34. The van der Waals surface area contributed by atoms with Crippen LogP contribution in [-0.4, -0.2) is 6.04 Å². The molecule has 94 valence electrons. The quantitative estimate of drug-likeness (QED) is 0.796. The molecule has 1 saturated carbocycles. The minimum absolute atomic E-state index is 0.453. The maximum atomic E-state index is 3.80. The molecule has 0 heterocycles. The van der Waals surface area contributed by atoms with Gasteiger partial charge < -0.3 is 5.32 Å². The van der Waals surface area contributed by atoms with E-state index in [0.717, 1.165) is 0 Å². The summed E-state index contributed by atoms with van der Waals surface area (Å²) in [7, 11) is 0. The second-order valence-electron chi connectivity index (χ2n) is 5.87. The molecule has 1 N–H and O–H groups in total. The number of rotatable bonds is 3. The van der Waals surface area contributed by atoms with Crippen molar-refractivity contribution < 1.29 is 0 Å². The highest BCUT2D eigenvalue weighted by Crippen LogP contribution is 2.38. The standard InChI is InChI=1S/C15H22IN/c1-11(12-6-8-13(16)9-7-12)17-14-5-4-10-15(14,2)3/h6-9,11,14,17H,4-5,10H2,1-3H3. The van der Waals surface area contributed by atoms with Gasteiger partial charge in [0.1, 0.15) is 0 Å². The maximum Gasteiger partial charge on any atom is 0.0294 e. The van der Waals surface area contributed by atoms with E-state index in [1.807, 2.05) is 0 Å². The average Bonchev–Trinajstić information content (AvgIpc) is 2.59. The van der Waals surface area contributed by atoms with E-state index in [2.05, 4.69) is 72.9 Å². The summed E-state index contributed by atoms with van der Waals surface area (Å²) in [5.41, 5.74) is 1.85. The molecule has 2 rings (SSSR count). The highest BCUT2D eigenvalue weighted by molar-refractivity contribution is 14.1. The van der Waals surface area contributed by atoms with Crippen molar-refractivity contribution in [2.75, 3.05) is 0 Å².